The van der Waals surface area contributed by atoms with Crippen molar-refractivity contribution < 1.29 is 4.74 Å². The second-order valence-electron chi connectivity index (χ2n) is 3.46. The van der Waals surface area contributed by atoms with E-state index in [-0.39, 0.29) is 0 Å². The van der Waals surface area contributed by atoms with Crippen LogP contribution in [0.1, 0.15) is 0 Å². The van der Waals surface area contributed by atoms with E-state index >= 15 is 0 Å². The first-order valence-electron chi connectivity index (χ1n) is 5.20. The van der Waals surface area contributed by atoms with Gasteiger partial charge >= 0.3 is 0 Å². The number of ether oxygens (including phenoxy) is 1. The molecule has 0 bridgehead atoms. The fourth-order valence-electron chi connectivity index (χ4n) is 1.55. The van der Waals surface area contributed by atoms with Crippen LogP contribution in [0.15, 0.2) is 28.9 Å². The summed E-state index contributed by atoms with van der Waals surface area (Å²) in [6, 6.07) is 5.43. The molecule has 1 aromatic carbocycles. The van der Waals surface area contributed by atoms with Crippen LogP contribution >= 0.6 is 27.5 Å². The minimum atomic E-state index is 0.519. The second-order valence-corrected chi connectivity index (χ2v) is 4.72. The average Bonchev–Trinajstić information content (AvgIpc) is 2.39. The SMILES string of the molecule is CNc1nc(-c2c(Cl)cccc2OC)ncc1Br. The maximum Gasteiger partial charge on any atom is 0.166 e. The predicted octanol–water partition coefficient (Wildman–Crippen LogP) is 3.61. The molecule has 0 saturated carbocycles. The molecule has 4 nitrogen and oxygen atoms in total. The van der Waals surface area contributed by atoms with E-state index in [1.807, 2.05) is 12.1 Å². The molecule has 1 N–H and O–H groups in total. The molecule has 1 aromatic heterocycles. The van der Waals surface area contributed by atoms with Gasteiger partial charge in [-0.05, 0) is 28.1 Å². The van der Waals surface area contributed by atoms with Crippen LogP contribution in [0.5, 0.6) is 5.75 Å². The number of methoxy groups -OCH3 is 1. The van der Waals surface area contributed by atoms with Crippen LogP contribution in [0.2, 0.25) is 5.02 Å². The van der Waals surface area contributed by atoms with Crippen molar-refractivity contribution >= 4 is 33.3 Å². The van der Waals surface area contributed by atoms with Crippen LogP contribution in [-0.4, -0.2) is 24.1 Å². The minimum Gasteiger partial charge on any atom is -0.496 e. The van der Waals surface area contributed by atoms with Crippen LogP contribution in [0, 0.1) is 0 Å². The molecule has 0 aliphatic carbocycles. The Bertz CT molecular complexity index is 577. The summed E-state index contributed by atoms with van der Waals surface area (Å²) in [4.78, 5) is 8.66. The third-order valence-electron chi connectivity index (χ3n) is 2.40. The third kappa shape index (κ3) is 2.42. The fraction of sp³-hybridized carbons (Fsp3) is 0.167. The summed E-state index contributed by atoms with van der Waals surface area (Å²) in [5.41, 5.74) is 0.686. The van der Waals surface area contributed by atoms with E-state index in [1.54, 1.807) is 26.4 Å². The lowest BCUT2D eigenvalue weighted by molar-refractivity contribution is 0.416. The van der Waals surface area contributed by atoms with E-state index in [0.717, 1.165) is 4.47 Å². The molecule has 0 aliphatic rings. The molecule has 94 valence electrons. The van der Waals surface area contributed by atoms with Crippen molar-refractivity contribution in [2.24, 2.45) is 0 Å². The Morgan fingerprint density at radius 3 is 2.83 bits per heavy atom. The highest BCUT2D eigenvalue weighted by Crippen LogP contribution is 2.35. The Kier molecular flexibility index (Phi) is 4.04. The fourth-order valence-corrected chi connectivity index (χ4v) is 2.19. The number of rotatable bonds is 3. The standard InChI is InChI=1S/C12H11BrClN3O/c1-15-11-7(13)6-16-12(17-11)10-8(14)4-3-5-9(10)18-2/h3-6H,1-2H3,(H,15,16,17). The number of anilines is 1. The van der Waals surface area contributed by atoms with Crippen LogP contribution in [0.4, 0.5) is 5.82 Å². The second kappa shape index (κ2) is 5.54. The molecule has 18 heavy (non-hydrogen) atoms. The normalized spacial score (nSPS) is 10.2. The number of hydrogen-bond acceptors (Lipinski definition) is 4. The summed E-state index contributed by atoms with van der Waals surface area (Å²) in [6.07, 6.45) is 1.68. The van der Waals surface area contributed by atoms with E-state index < -0.39 is 0 Å². The van der Waals surface area contributed by atoms with Gasteiger partial charge in [0.2, 0.25) is 0 Å². The molecule has 0 saturated heterocycles. The zero-order chi connectivity index (χ0) is 13.1. The molecular formula is C12H11BrClN3O. The largest absolute Gasteiger partial charge is 0.496 e. The monoisotopic (exact) mass is 327 g/mol. The first kappa shape index (κ1) is 13.1. The Labute approximate surface area is 118 Å². The zero-order valence-electron chi connectivity index (χ0n) is 9.87. The van der Waals surface area contributed by atoms with Crippen molar-refractivity contribution in [3.8, 4) is 17.1 Å². The molecule has 2 aromatic rings. The summed E-state index contributed by atoms with van der Waals surface area (Å²) >= 11 is 9.55. The van der Waals surface area contributed by atoms with Crippen molar-refractivity contribution in [1.29, 1.82) is 0 Å². The molecule has 0 spiro atoms. The van der Waals surface area contributed by atoms with E-state index in [9.17, 15) is 0 Å². The number of hydrogen-bond donors (Lipinski definition) is 1. The summed E-state index contributed by atoms with van der Waals surface area (Å²) in [5, 5.41) is 3.53. The number of benzene rings is 1. The molecule has 6 heteroatoms. The Hall–Kier alpha value is -1.33. The molecule has 0 unspecified atom stereocenters. The smallest absolute Gasteiger partial charge is 0.166 e. The number of nitrogens with zero attached hydrogens (tertiary/aromatic N) is 2. The van der Waals surface area contributed by atoms with E-state index in [1.165, 1.54) is 0 Å². The van der Waals surface area contributed by atoms with Gasteiger partial charge in [-0.2, -0.15) is 0 Å². The molecule has 0 radical (unpaired) electrons. The maximum atomic E-state index is 6.19. The van der Waals surface area contributed by atoms with Gasteiger partial charge < -0.3 is 10.1 Å². The topological polar surface area (TPSA) is 47.0 Å². The summed E-state index contributed by atoms with van der Waals surface area (Å²) in [6.45, 7) is 0. The van der Waals surface area contributed by atoms with E-state index in [4.69, 9.17) is 16.3 Å². The lowest BCUT2D eigenvalue weighted by Gasteiger charge is -2.10. The van der Waals surface area contributed by atoms with Gasteiger partial charge in [0.1, 0.15) is 11.6 Å². The zero-order valence-corrected chi connectivity index (χ0v) is 12.2. The van der Waals surface area contributed by atoms with Crippen LogP contribution in [0.25, 0.3) is 11.4 Å². The lowest BCUT2D eigenvalue weighted by Crippen LogP contribution is -1.99. The van der Waals surface area contributed by atoms with Gasteiger partial charge in [0.25, 0.3) is 0 Å². The lowest BCUT2D eigenvalue weighted by atomic mass is 10.2. The van der Waals surface area contributed by atoms with Crippen LogP contribution < -0.4 is 10.1 Å². The molecule has 0 amide bonds. The first-order valence-corrected chi connectivity index (χ1v) is 6.37. The predicted molar refractivity (Wildman–Crippen MR) is 76.3 cm³/mol. The Balaban J connectivity index is 2.61. The summed E-state index contributed by atoms with van der Waals surface area (Å²) in [7, 11) is 3.38. The first-order chi connectivity index (χ1) is 8.67. The van der Waals surface area contributed by atoms with Gasteiger partial charge in [-0.3, -0.25) is 0 Å². The molecule has 0 fully saturated rings. The summed E-state index contributed by atoms with van der Waals surface area (Å²) < 4.78 is 6.08. The highest BCUT2D eigenvalue weighted by atomic mass is 79.9. The van der Waals surface area contributed by atoms with Gasteiger partial charge in [0.05, 0.1) is 22.2 Å². The highest BCUT2D eigenvalue weighted by molar-refractivity contribution is 9.10. The molecule has 0 atom stereocenters. The maximum absolute atomic E-state index is 6.19. The molecule has 2 rings (SSSR count). The Morgan fingerprint density at radius 1 is 1.39 bits per heavy atom. The summed E-state index contributed by atoms with van der Waals surface area (Å²) in [5.74, 6) is 1.86. The Morgan fingerprint density at radius 2 is 2.17 bits per heavy atom. The van der Waals surface area contributed by atoms with Gasteiger partial charge in [0, 0.05) is 13.2 Å². The van der Waals surface area contributed by atoms with Crippen molar-refractivity contribution in [3.63, 3.8) is 0 Å². The number of aromatic nitrogens is 2. The molecular weight excluding hydrogens is 318 g/mol. The average molecular weight is 329 g/mol. The quantitative estimate of drug-likeness (QED) is 0.935. The van der Waals surface area contributed by atoms with Gasteiger partial charge in [-0.15, -0.1) is 0 Å². The molecule has 1 heterocycles. The van der Waals surface area contributed by atoms with E-state index in [0.29, 0.717) is 28.0 Å². The van der Waals surface area contributed by atoms with E-state index in [2.05, 4.69) is 31.2 Å². The van der Waals surface area contributed by atoms with Gasteiger partial charge in [-0.1, -0.05) is 17.7 Å². The third-order valence-corrected chi connectivity index (χ3v) is 3.30. The minimum absolute atomic E-state index is 0.519. The number of halogens is 2. The molecule has 0 aliphatic heterocycles. The van der Waals surface area contributed by atoms with Gasteiger partial charge in [0.15, 0.2) is 5.82 Å². The highest BCUT2D eigenvalue weighted by Gasteiger charge is 2.14. The van der Waals surface area contributed by atoms with Crippen LogP contribution in [0.3, 0.4) is 0 Å². The number of nitrogens with one attached hydrogen (secondary N) is 1. The van der Waals surface area contributed by atoms with Crippen molar-refractivity contribution in [1.82, 2.24) is 9.97 Å². The van der Waals surface area contributed by atoms with Crippen molar-refractivity contribution in [2.75, 3.05) is 19.5 Å². The van der Waals surface area contributed by atoms with Crippen LogP contribution in [-0.2, 0) is 0 Å². The van der Waals surface area contributed by atoms with Crippen molar-refractivity contribution in [2.45, 2.75) is 0 Å². The van der Waals surface area contributed by atoms with Crippen molar-refractivity contribution in [3.05, 3.63) is 33.9 Å². The van der Waals surface area contributed by atoms with Gasteiger partial charge in [-0.25, -0.2) is 9.97 Å².